The molecule has 1 heterocycles. The number of carbonyl (C=O) groups excluding carboxylic acids is 2. The lowest BCUT2D eigenvalue weighted by Gasteiger charge is -2.54. The van der Waals surface area contributed by atoms with Crippen molar-refractivity contribution in [3.63, 3.8) is 0 Å². The molecule has 6 rings (SSSR count). The number of Topliss-reactive ketones (excluding diaryl/α,β-unsaturated/α-hetero) is 1. The molecule has 1 aromatic carbocycles. The van der Waals surface area contributed by atoms with Crippen molar-refractivity contribution in [1.82, 2.24) is 5.32 Å². The summed E-state index contributed by atoms with van der Waals surface area (Å²) < 4.78 is 41.9. The predicted octanol–water partition coefficient (Wildman–Crippen LogP) is 4.87. The summed E-state index contributed by atoms with van der Waals surface area (Å²) in [4.78, 5) is 25.8. The number of rotatable bonds is 9. The highest BCUT2D eigenvalue weighted by atomic mass is 35.5. The molecule has 4 saturated carbocycles. The Labute approximate surface area is 220 Å². The minimum Gasteiger partial charge on any atom is -0.482 e. The molecule has 5 aliphatic rings. The molecule has 10 heteroatoms. The van der Waals surface area contributed by atoms with Crippen molar-refractivity contribution in [3.8, 4) is 5.75 Å². The van der Waals surface area contributed by atoms with E-state index in [2.05, 4.69) is 10.1 Å². The Bertz CT molecular complexity index is 1020. The maximum absolute atomic E-state index is 13.2. The lowest BCUT2D eigenvalue weighted by atomic mass is 9.55. The molecule has 0 unspecified atom stereocenters. The second-order valence-corrected chi connectivity index (χ2v) is 11.9. The van der Waals surface area contributed by atoms with Gasteiger partial charge in [0.15, 0.2) is 11.9 Å². The van der Waals surface area contributed by atoms with E-state index in [1.807, 2.05) is 0 Å². The molecule has 0 radical (unpaired) electrons. The van der Waals surface area contributed by atoms with Gasteiger partial charge in [0.2, 0.25) is 5.91 Å². The monoisotopic (exact) mass is 541 g/mol. The van der Waals surface area contributed by atoms with Crippen LogP contribution in [0.1, 0.15) is 82.8 Å². The normalized spacial score (nSPS) is 34.7. The highest BCUT2D eigenvalue weighted by Crippen LogP contribution is 2.54. The molecule has 7 nitrogen and oxygen atoms in total. The summed E-state index contributed by atoms with van der Waals surface area (Å²) in [6.45, 7) is 0.621. The average molecular weight is 542 g/mol. The van der Waals surface area contributed by atoms with Crippen LogP contribution in [0.3, 0.4) is 0 Å². The number of hydrogen-bond donors (Lipinski definition) is 2. The van der Waals surface area contributed by atoms with E-state index in [1.54, 1.807) is 18.2 Å². The number of amides is 1. The third kappa shape index (κ3) is 6.10. The van der Waals surface area contributed by atoms with Crippen LogP contribution in [-0.4, -0.2) is 53.4 Å². The molecule has 2 N–H and O–H groups in total. The van der Waals surface area contributed by atoms with Gasteiger partial charge in [-0.25, -0.2) is 0 Å². The maximum Gasteiger partial charge on any atom is 0.353 e. The Morgan fingerprint density at radius 2 is 1.81 bits per heavy atom. The van der Waals surface area contributed by atoms with E-state index in [1.165, 1.54) is 0 Å². The van der Waals surface area contributed by atoms with Crippen molar-refractivity contribution in [3.05, 3.63) is 28.8 Å². The number of fused-ring (bicyclic) bond motifs is 4. The molecule has 2 atom stereocenters. The van der Waals surface area contributed by atoms with Crippen molar-refractivity contribution < 1.29 is 37.7 Å². The first-order chi connectivity index (χ1) is 17.4. The largest absolute Gasteiger partial charge is 0.482 e. The van der Waals surface area contributed by atoms with Gasteiger partial charge in [0.25, 0.3) is 0 Å². The van der Waals surface area contributed by atoms with Crippen LogP contribution in [0.15, 0.2) is 18.2 Å². The molecule has 1 aliphatic heterocycles. The van der Waals surface area contributed by atoms with Crippen LogP contribution < -0.4 is 10.1 Å². The number of aliphatic hydroxyl groups excluding tert-OH is 1. The second-order valence-electron chi connectivity index (χ2n) is 11.5. The van der Waals surface area contributed by atoms with E-state index in [0.29, 0.717) is 35.6 Å². The Hall–Kier alpha value is -1.81. The van der Waals surface area contributed by atoms with Crippen LogP contribution in [0, 0.1) is 5.41 Å². The fourth-order valence-electron chi connectivity index (χ4n) is 6.38. The second kappa shape index (κ2) is 10.1. The summed E-state index contributed by atoms with van der Waals surface area (Å²) in [5.74, 6) is 0.317. The summed E-state index contributed by atoms with van der Waals surface area (Å²) in [5.41, 5.74) is 0.232. The van der Waals surface area contributed by atoms with E-state index < -0.39 is 24.4 Å². The van der Waals surface area contributed by atoms with Gasteiger partial charge >= 0.3 is 6.11 Å². The SMILES string of the molecule is CC(F)(F)OC1CC(OCC(=O)NC23CCC(CC(=O)[C@H]4C[C@@H](O)c5cc(Cl)ccc5O4)(CC2)CC3)C1. The number of halogens is 3. The summed E-state index contributed by atoms with van der Waals surface area (Å²) in [5, 5.41) is 14.2. The van der Waals surface area contributed by atoms with Crippen molar-refractivity contribution in [2.45, 2.75) is 107 Å². The molecule has 4 aliphatic carbocycles. The zero-order chi connectivity index (χ0) is 26.4. The van der Waals surface area contributed by atoms with Crippen molar-refractivity contribution in [1.29, 1.82) is 0 Å². The molecular weight excluding hydrogens is 508 g/mol. The number of carbonyl (C=O) groups is 2. The summed E-state index contributed by atoms with van der Waals surface area (Å²) in [6, 6.07) is 5.05. The molecular formula is C27H34ClF2NO6. The number of ketones is 1. The van der Waals surface area contributed by atoms with E-state index in [0.717, 1.165) is 45.4 Å². The van der Waals surface area contributed by atoms with Gasteiger partial charge in [-0.1, -0.05) is 11.6 Å². The van der Waals surface area contributed by atoms with E-state index >= 15 is 0 Å². The lowest BCUT2D eigenvalue weighted by Crippen LogP contribution is -2.58. The Morgan fingerprint density at radius 3 is 2.46 bits per heavy atom. The Morgan fingerprint density at radius 1 is 1.14 bits per heavy atom. The van der Waals surface area contributed by atoms with Gasteiger partial charge in [-0.2, -0.15) is 8.78 Å². The first-order valence-electron chi connectivity index (χ1n) is 13.1. The number of hydrogen-bond acceptors (Lipinski definition) is 6. The standard InChI is InChI=1S/C27H34ClF2NO6/c1-25(29,30)37-18-11-17(12-18)35-15-24(34)31-27-7-4-26(5-8-27,6-9-27)14-21(33)23-13-20(32)19-10-16(28)2-3-22(19)36-23/h2-3,10,17-18,20,23,32H,4-9,11-15H2,1H3,(H,31,34)/t17?,18?,20-,23-,26?,27?/m1/s1. The Balaban J connectivity index is 1.07. The molecule has 2 bridgehead atoms. The van der Waals surface area contributed by atoms with Gasteiger partial charge in [-0.05, 0) is 62.1 Å². The van der Waals surface area contributed by atoms with E-state index in [9.17, 15) is 23.5 Å². The first kappa shape index (κ1) is 26.8. The quantitative estimate of drug-likeness (QED) is 0.463. The van der Waals surface area contributed by atoms with Gasteiger partial charge in [0, 0.05) is 48.7 Å². The third-order valence-corrected chi connectivity index (χ3v) is 8.86. The van der Waals surface area contributed by atoms with Crippen LogP contribution in [-0.2, 0) is 19.1 Å². The van der Waals surface area contributed by atoms with E-state index in [-0.39, 0.29) is 41.8 Å². The number of ether oxygens (including phenoxy) is 3. The van der Waals surface area contributed by atoms with Crippen LogP contribution in [0.5, 0.6) is 5.75 Å². The summed E-state index contributed by atoms with van der Waals surface area (Å²) in [7, 11) is 0. The number of aliphatic hydroxyl groups is 1. The molecule has 1 amide bonds. The van der Waals surface area contributed by atoms with Gasteiger partial charge in [0.1, 0.15) is 12.4 Å². The van der Waals surface area contributed by atoms with Gasteiger partial charge in [0.05, 0.1) is 18.3 Å². The fraction of sp³-hybridized carbons (Fsp3) is 0.704. The molecule has 0 spiro atoms. The number of alkyl halides is 2. The van der Waals surface area contributed by atoms with Gasteiger partial charge < -0.3 is 24.6 Å². The van der Waals surface area contributed by atoms with Crippen molar-refractivity contribution in [2.24, 2.45) is 5.41 Å². The molecule has 37 heavy (non-hydrogen) atoms. The topological polar surface area (TPSA) is 94.1 Å². The smallest absolute Gasteiger partial charge is 0.353 e. The fourth-order valence-corrected chi connectivity index (χ4v) is 6.56. The molecule has 0 saturated heterocycles. The average Bonchev–Trinajstić information content (AvgIpc) is 2.81. The number of nitrogens with one attached hydrogen (secondary N) is 1. The highest BCUT2D eigenvalue weighted by Gasteiger charge is 2.51. The minimum absolute atomic E-state index is 0.00935. The van der Waals surface area contributed by atoms with Gasteiger partial charge in [-0.15, -0.1) is 0 Å². The van der Waals surface area contributed by atoms with Crippen molar-refractivity contribution in [2.75, 3.05) is 6.61 Å². The summed E-state index contributed by atoms with van der Waals surface area (Å²) in [6.07, 6.45) is 0.871. The predicted molar refractivity (Wildman–Crippen MR) is 131 cm³/mol. The molecule has 204 valence electrons. The van der Waals surface area contributed by atoms with Gasteiger partial charge in [-0.3, -0.25) is 9.59 Å². The zero-order valence-corrected chi connectivity index (χ0v) is 21.7. The van der Waals surface area contributed by atoms with E-state index in [4.69, 9.17) is 21.1 Å². The van der Waals surface area contributed by atoms with Crippen LogP contribution in [0.25, 0.3) is 0 Å². The highest BCUT2D eigenvalue weighted by molar-refractivity contribution is 6.30. The van der Waals surface area contributed by atoms with Crippen LogP contribution >= 0.6 is 11.6 Å². The lowest BCUT2D eigenvalue weighted by molar-refractivity contribution is -0.275. The zero-order valence-electron chi connectivity index (χ0n) is 20.9. The first-order valence-corrected chi connectivity index (χ1v) is 13.5. The van der Waals surface area contributed by atoms with Crippen LogP contribution in [0.2, 0.25) is 5.02 Å². The molecule has 4 fully saturated rings. The van der Waals surface area contributed by atoms with Crippen molar-refractivity contribution >= 4 is 23.3 Å². The molecule has 0 aromatic heterocycles. The Kier molecular flexibility index (Phi) is 7.28. The van der Waals surface area contributed by atoms with Crippen LogP contribution in [0.4, 0.5) is 8.78 Å². The summed E-state index contributed by atoms with van der Waals surface area (Å²) >= 11 is 6.02. The third-order valence-electron chi connectivity index (χ3n) is 8.63. The minimum atomic E-state index is -3.15. The maximum atomic E-state index is 13.2. The molecule has 1 aromatic rings. The number of benzene rings is 1.